The summed E-state index contributed by atoms with van der Waals surface area (Å²) < 4.78 is 0. The summed E-state index contributed by atoms with van der Waals surface area (Å²) in [6, 6.07) is 4.51. The quantitative estimate of drug-likeness (QED) is 0.577. The van der Waals surface area contributed by atoms with Crippen LogP contribution in [0.3, 0.4) is 0 Å². The van der Waals surface area contributed by atoms with E-state index < -0.39 is 4.92 Å². The van der Waals surface area contributed by atoms with Crippen molar-refractivity contribution in [1.82, 2.24) is 0 Å². The number of hydrogen-bond donors (Lipinski definition) is 0. The molecule has 2 heterocycles. The molecule has 0 fully saturated rings. The van der Waals surface area contributed by atoms with Crippen molar-refractivity contribution in [3.63, 3.8) is 0 Å². The Labute approximate surface area is 106 Å². The van der Waals surface area contributed by atoms with Crippen LogP contribution in [0, 0.1) is 10.1 Å². The third kappa shape index (κ3) is 1.68. The zero-order chi connectivity index (χ0) is 12.0. The number of rotatable bonds is 1. The lowest BCUT2D eigenvalue weighted by molar-refractivity contribution is -0.384. The van der Waals surface area contributed by atoms with Crippen molar-refractivity contribution in [2.75, 3.05) is 0 Å². The second kappa shape index (κ2) is 3.89. The van der Waals surface area contributed by atoms with E-state index in [1.54, 1.807) is 17.8 Å². The fourth-order valence-corrected chi connectivity index (χ4v) is 4.44. The summed E-state index contributed by atoms with van der Waals surface area (Å²) in [7, 11) is 0. The number of nitro groups is 1. The molecule has 0 amide bonds. The minimum Gasteiger partial charge on any atom is -0.293 e. The number of nitrogens with zero attached hydrogens (tertiary/aromatic N) is 1. The van der Waals surface area contributed by atoms with Gasteiger partial charge in [0.25, 0.3) is 5.69 Å². The van der Waals surface area contributed by atoms with E-state index in [-0.39, 0.29) is 22.0 Å². The first-order chi connectivity index (χ1) is 8.16. The van der Waals surface area contributed by atoms with Gasteiger partial charge in [-0.2, -0.15) is 0 Å². The summed E-state index contributed by atoms with van der Waals surface area (Å²) in [5, 5.41) is 12.7. The van der Waals surface area contributed by atoms with Gasteiger partial charge in [0, 0.05) is 27.8 Å². The summed E-state index contributed by atoms with van der Waals surface area (Å²) in [6.07, 6.45) is 2.02. The number of benzene rings is 1. The van der Waals surface area contributed by atoms with Crippen LogP contribution in [0.1, 0.15) is 10.4 Å². The molecule has 0 radical (unpaired) electrons. The molecule has 6 heteroatoms. The first-order valence-electron chi connectivity index (χ1n) is 4.98. The second-order valence-corrected chi connectivity index (χ2v) is 6.04. The number of ketones is 1. The van der Waals surface area contributed by atoms with Crippen LogP contribution in [0.5, 0.6) is 0 Å². The fraction of sp³-hybridized carbons (Fsp3) is 0.182. The number of Topliss-reactive ketones (excluding diaryl/α,β-unsaturated/α-hetero) is 1. The van der Waals surface area contributed by atoms with E-state index >= 15 is 0 Å². The Bertz CT molecular complexity index is 556. The molecule has 0 spiro atoms. The van der Waals surface area contributed by atoms with Gasteiger partial charge in [-0.25, -0.2) is 0 Å². The van der Waals surface area contributed by atoms with Gasteiger partial charge in [-0.3, -0.25) is 14.9 Å². The molecule has 0 unspecified atom stereocenters. The molecule has 0 bridgehead atoms. The molecule has 0 saturated heterocycles. The molecule has 2 aliphatic heterocycles. The predicted octanol–water partition coefficient (Wildman–Crippen LogP) is 2.88. The number of carbonyl (C=O) groups is 1. The van der Waals surface area contributed by atoms with E-state index in [4.69, 9.17) is 0 Å². The van der Waals surface area contributed by atoms with Crippen molar-refractivity contribution in [1.29, 1.82) is 0 Å². The lowest BCUT2D eigenvalue weighted by Crippen LogP contribution is -2.29. The largest absolute Gasteiger partial charge is 0.293 e. The normalized spacial score (nSPS) is 25.5. The Kier molecular flexibility index (Phi) is 2.48. The number of fused-ring (bicyclic) bond motifs is 2. The highest BCUT2D eigenvalue weighted by Gasteiger charge is 2.38. The number of hydrogen-bond acceptors (Lipinski definition) is 5. The second-order valence-electron chi connectivity index (χ2n) is 3.77. The predicted molar refractivity (Wildman–Crippen MR) is 67.6 cm³/mol. The van der Waals surface area contributed by atoms with Crippen LogP contribution in [0.25, 0.3) is 0 Å². The van der Waals surface area contributed by atoms with Crippen molar-refractivity contribution < 1.29 is 9.72 Å². The van der Waals surface area contributed by atoms with E-state index in [1.807, 2.05) is 11.5 Å². The van der Waals surface area contributed by atoms with Crippen molar-refractivity contribution in [3.8, 4) is 0 Å². The van der Waals surface area contributed by atoms with Crippen LogP contribution in [-0.4, -0.2) is 21.2 Å². The van der Waals surface area contributed by atoms with Crippen LogP contribution in [0.4, 0.5) is 5.69 Å². The van der Waals surface area contributed by atoms with Crippen LogP contribution in [-0.2, 0) is 0 Å². The van der Waals surface area contributed by atoms with Crippen LogP contribution in [0.15, 0.2) is 34.6 Å². The van der Waals surface area contributed by atoms with Crippen molar-refractivity contribution in [2.24, 2.45) is 0 Å². The molecule has 3 rings (SSSR count). The Hall–Kier alpha value is -1.27. The first-order valence-corrected chi connectivity index (χ1v) is 6.80. The third-order valence-electron chi connectivity index (χ3n) is 2.75. The third-order valence-corrected chi connectivity index (χ3v) is 5.35. The average Bonchev–Trinajstić information content (AvgIpc) is 2.77. The minimum absolute atomic E-state index is 0.00227. The van der Waals surface area contributed by atoms with Crippen LogP contribution in [0.2, 0.25) is 0 Å². The average molecular weight is 265 g/mol. The highest BCUT2D eigenvalue weighted by molar-refractivity contribution is 8.07. The molecular weight excluding hydrogens is 258 g/mol. The SMILES string of the molecule is O=C1c2cc([N+](=O)[O-])ccc2S[C@H]2C=CS[C@H]12. The van der Waals surface area contributed by atoms with Gasteiger partial charge in [0.1, 0.15) is 0 Å². The maximum atomic E-state index is 12.2. The van der Waals surface area contributed by atoms with Gasteiger partial charge in [-0.15, -0.1) is 23.5 Å². The standard InChI is InChI=1S/C11H7NO3S2/c13-10-7-5-6(12(14)15)1-2-8(7)17-9-3-4-16-11(9)10/h1-5,9,11H/t9-,11-/m0/s1. The number of nitro benzene ring substituents is 1. The molecule has 0 saturated carbocycles. The number of carbonyl (C=O) groups excluding carboxylic acids is 1. The van der Waals surface area contributed by atoms with Gasteiger partial charge in [-0.1, -0.05) is 6.08 Å². The Balaban J connectivity index is 2.07. The molecule has 86 valence electrons. The van der Waals surface area contributed by atoms with Crippen LogP contribution >= 0.6 is 23.5 Å². The lowest BCUT2D eigenvalue weighted by Gasteiger charge is -2.24. The van der Waals surface area contributed by atoms with Gasteiger partial charge < -0.3 is 0 Å². The number of non-ortho nitro benzene ring substituents is 1. The molecule has 2 atom stereocenters. The highest BCUT2D eigenvalue weighted by atomic mass is 32.2. The zero-order valence-corrected chi connectivity index (χ0v) is 10.2. The van der Waals surface area contributed by atoms with E-state index in [9.17, 15) is 14.9 Å². The zero-order valence-electron chi connectivity index (χ0n) is 8.53. The van der Waals surface area contributed by atoms with Crippen molar-refractivity contribution in [3.05, 3.63) is 45.4 Å². The maximum absolute atomic E-state index is 12.2. The topological polar surface area (TPSA) is 60.2 Å². The molecule has 0 N–H and O–H groups in total. The summed E-state index contributed by atoms with van der Waals surface area (Å²) in [5.74, 6) is 0.00227. The minimum atomic E-state index is -0.468. The van der Waals surface area contributed by atoms with Gasteiger partial charge in [-0.05, 0) is 11.5 Å². The van der Waals surface area contributed by atoms with E-state index in [2.05, 4.69) is 0 Å². The summed E-state index contributed by atoms with van der Waals surface area (Å²) in [6.45, 7) is 0. The monoisotopic (exact) mass is 265 g/mol. The molecule has 0 aliphatic carbocycles. The lowest BCUT2D eigenvalue weighted by atomic mass is 10.0. The maximum Gasteiger partial charge on any atom is 0.270 e. The van der Waals surface area contributed by atoms with Gasteiger partial charge >= 0.3 is 0 Å². The first kappa shape index (κ1) is 10.9. The molecule has 2 aliphatic rings. The van der Waals surface area contributed by atoms with Gasteiger partial charge in [0.05, 0.1) is 10.2 Å². The Morgan fingerprint density at radius 2 is 2.18 bits per heavy atom. The molecule has 0 aromatic heterocycles. The highest BCUT2D eigenvalue weighted by Crippen LogP contribution is 2.45. The van der Waals surface area contributed by atoms with Crippen molar-refractivity contribution in [2.45, 2.75) is 15.4 Å². The Morgan fingerprint density at radius 3 is 2.94 bits per heavy atom. The van der Waals surface area contributed by atoms with Crippen molar-refractivity contribution >= 4 is 35.0 Å². The molecule has 1 aromatic rings. The summed E-state index contributed by atoms with van der Waals surface area (Å²) in [4.78, 5) is 23.2. The molecular formula is C11H7NO3S2. The van der Waals surface area contributed by atoms with Crippen LogP contribution < -0.4 is 0 Å². The van der Waals surface area contributed by atoms with E-state index in [1.165, 1.54) is 23.9 Å². The van der Waals surface area contributed by atoms with Gasteiger partial charge in [0.2, 0.25) is 0 Å². The molecule has 1 aromatic carbocycles. The Morgan fingerprint density at radius 1 is 1.35 bits per heavy atom. The van der Waals surface area contributed by atoms with E-state index in [0.717, 1.165) is 4.90 Å². The molecule has 4 nitrogen and oxygen atoms in total. The fourth-order valence-electron chi connectivity index (χ4n) is 1.92. The molecule has 17 heavy (non-hydrogen) atoms. The number of thioether (sulfide) groups is 2. The van der Waals surface area contributed by atoms with E-state index in [0.29, 0.717) is 5.56 Å². The summed E-state index contributed by atoms with van der Waals surface area (Å²) in [5.41, 5.74) is 0.466. The summed E-state index contributed by atoms with van der Waals surface area (Å²) >= 11 is 3.09. The smallest absolute Gasteiger partial charge is 0.270 e. The van der Waals surface area contributed by atoms with Gasteiger partial charge in [0.15, 0.2) is 5.78 Å².